The lowest BCUT2D eigenvalue weighted by Gasteiger charge is -2.38. The van der Waals surface area contributed by atoms with E-state index in [1.54, 1.807) is 0 Å². The third-order valence-corrected chi connectivity index (χ3v) is 4.31. The zero-order chi connectivity index (χ0) is 15.7. The molecule has 0 bridgehead atoms. The van der Waals surface area contributed by atoms with Gasteiger partial charge in [-0.05, 0) is 25.5 Å². The zero-order valence-corrected chi connectivity index (χ0v) is 12.9. The molecule has 2 aromatic carbocycles. The first kappa shape index (κ1) is 14.4. The van der Waals surface area contributed by atoms with Crippen molar-refractivity contribution in [2.75, 3.05) is 11.4 Å². The summed E-state index contributed by atoms with van der Waals surface area (Å²) >= 11 is 0. The summed E-state index contributed by atoms with van der Waals surface area (Å²) < 4.78 is 0. The second-order valence-corrected chi connectivity index (χ2v) is 5.50. The first-order chi connectivity index (χ1) is 10.6. The summed E-state index contributed by atoms with van der Waals surface area (Å²) in [4.78, 5) is 14.4. The molecule has 0 radical (unpaired) electrons. The number of likely N-dealkylation sites (N-methyl/N-ethyl adjacent to an activating group) is 1. The van der Waals surface area contributed by atoms with Crippen molar-refractivity contribution < 1.29 is 4.79 Å². The summed E-state index contributed by atoms with van der Waals surface area (Å²) in [6, 6.07) is 18.2. The molecule has 1 atom stereocenters. The molecule has 3 rings (SSSR count). The highest BCUT2D eigenvalue weighted by atomic mass is 16.1. The van der Waals surface area contributed by atoms with Crippen LogP contribution in [0.2, 0.25) is 0 Å². The lowest BCUT2D eigenvalue weighted by molar-refractivity contribution is -0.114. The van der Waals surface area contributed by atoms with Gasteiger partial charge in [-0.25, -0.2) is 0 Å². The van der Waals surface area contributed by atoms with Crippen molar-refractivity contribution in [3.05, 3.63) is 71.3 Å². The highest BCUT2D eigenvalue weighted by molar-refractivity contribution is 6.08. The van der Waals surface area contributed by atoms with E-state index in [-0.39, 0.29) is 11.9 Å². The summed E-state index contributed by atoms with van der Waals surface area (Å²) in [6.45, 7) is 4.97. The number of nitrogens with two attached hydrogens (primary N) is 1. The third-order valence-electron chi connectivity index (χ3n) is 4.31. The highest BCUT2D eigenvalue weighted by Crippen LogP contribution is 2.41. The predicted molar refractivity (Wildman–Crippen MR) is 90.6 cm³/mol. The zero-order valence-electron chi connectivity index (χ0n) is 12.9. The van der Waals surface area contributed by atoms with Crippen LogP contribution in [0, 0.1) is 0 Å². The SMILES string of the molecule is CCN1c2ccccc2C(c2ccccc2)=C(C(N)=O)C1C. The molecule has 2 N–H and O–H groups in total. The van der Waals surface area contributed by atoms with Crippen LogP contribution in [0.15, 0.2) is 60.2 Å². The number of benzene rings is 2. The number of amides is 1. The van der Waals surface area contributed by atoms with Crippen LogP contribution in [0.25, 0.3) is 5.57 Å². The van der Waals surface area contributed by atoms with Crippen molar-refractivity contribution in [1.82, 2.24) is 0 Å². The van der Waals surface area contributed by atoms with E-state index < -0.39 is 0 Å². The van der Waals surface area contributed by atoms with Gasteiger partial charge in [0.15, 0.2) is 0 Å². The lowest BCUT2D eigenvalue weighted by atomic mass is 9.84. The van der Waals surface area contributed by atoms with Crippen LogP contribution in [-0.2, 0) is 4.79 Å². The van der Waals surface area contributed by atoms with E-state index in [0.717, 1.165) is 28.9 Å². The number of hydrogen-bond donors (Lipinski definition) is 1. The maximum absolute atomic E-state index is 12.2. The van der Waals surface area contributed by atoms with Gasteiger partial charge < -0.3 is 10.6 Å². The quantitative estimate of drug-likeness (QED) is 0.944. The molecule has 1 amide bonds. The van der Waals surface area contributed by atoms with Crippen molar-refractivity contribution in [3.63, 3.8) is 0 Å². The smallest absolute Gasteiger partial charge is 0.247 e. The minimum atomic E-state index is -0.348. The highest BCUT2D eigenvalue weighted by Gasteiger charge is 2.32. The molecular formula is C19H20N2O. The molecule has 22 heavy (non-hydrogen) atoms. The molecule has 3 nitrogen and oxygen atoms in total. The summed E-state index contributed by atoms with van der Waals surface area (Å²) in [5.41, 5.74) is 10.6. The minimum absolute atomic E-state index is 0.0346. The fourth-order valence-electron chi connectivity index (χ4n) is 3.34. The Morgan fingerprint density at radius 2 is 1.73 bits per heavy atom. The third kappa shape index (κ3) is 2.19. The molecule has 0 aliphatic carbocycles. The Bertz CT molecular complexity index is 734. The van der Waals surface area contributed by atoms with Crippen LogP contribution < -0.4 is 10.6 Å². The number of nitrogens with zero attached hydrogens (tertiary/aromatic N) is 1. The van der Waals surface area contributed by atoms with E-state index in [2.05, 4.69) is 24.0 Å². The van der Waals surface area contributed by atoms with E-state index in [4.69, 9.17) is 5.73 Å². The summed E-state index contributed by atoms with van der Waals surface area (Å²) in [5.74, 6) is -0.348. The minimum Gasteiger partial charge on any atom is -0.366 e. The molecule has 0 saturated carbocycles. The maximum Gasteiger partial charge on any atom is 0.247 e. The molecule has 1 aliphatic heterocycles. The Hall–Kier alpha value is -2.55. The van der Waals surface area contributed by atoms with Gasteiger partial charge in [0, 0.05) is 28.9 Å². The topological polar surface area (TPSA) is 46.3 Å². The Balaban J connectivity index is 2.34. The van der Waals surface area contributed by atoms with Crippen LogP contribution in [-0.4, -0.2) is 18.5 Å². The molecule has 0 saturated heterocycles. The summed E-state index contributed by atoms with van der Waals surface area (Å²) in [6.07, 6.45) is 0. The van der Waals surface area contributed by atoms with Crippen molar-refractivity contribution in [2.45, 2.75) is 19.9 Å². The number of carbonyl (C=O) groups is 1. The normalized spacial score (nSPS) is 17.4. The van der Waals surface area contributed by atoms with E-state index in [1.807, 2.05) is 49.4 Å². The molecule has 3 heteroatoms. The molecular weight excluding hydrogens is 272 g/mol. The number of para-hydroxylation sites is 1. The van der Waals surface area contributed by atoms with Gasteiger partial charge in [0.25, 0.3) is 0 Å². The van der Waals surface area contributed by atoms with Gasteiger partial charge in [-0.15, -0.1) is 0 Å². The van der Waals surface area contributed by atoms with E-state index in [1.165, 1.54) is 0 Å². The van der Waals surface area contributed by atoms with Gasteiger partial charge in [0.05, 0.1) is 6.04 Å². The Labute approximate surface area is 131 Å². The molecule has 0 aromatic heterocycles. The van der Waals surface area contributed by atoms with Crippen molar-refractivity contribution in [2.24, 2.45) is 5.73 Å². The predicted octanol–water partition coefficient (Wildman–Crippen LogP) is 3.20. The van der Waals surface area contributed by atoms with E-state index in [9.17, 15) is 4.79 Å². The average molecular weight is 292 g/mol. The second kappa shape index (κ2) is 5.68. The van der Waals surface area contributed by atoms with Gasteiger partial charge >= 0.3 is 0 Å². The lowest BCUT2D eigenvalue weighted by Crippen LogP contribution is -2.42. The van der Waals surface area contributed by atoms with Crippen LogP contribution >= 0.6 is 0 Å². The van der Waals surface area contributed by atoms with Crippen molar-refractivity contribution >= 4 is 17.2 Å². The van der Waals surface area contributed by atoms with Gasteiger partial charge in [0.1, 0.15) is 0 Å². The van der Waals surface area contributed by atoms with Crippen LogP contribution in [0.1, 0.15) is 25.0 Å². The van der Waals surface area contributed by atoms with Crippen LogP contribution in [0.3, 0.4) is 0 Å². The maximum atomic E-state index is 12.2. The van der Waals surface area contributed by atoms with Gasteiger partial charge in [0.2, 0.25) is 5.91 Å². The standard InChI is InChI=1S/C19H20N2O/c1-3-21-13(2)17(19(20)22)18(14-9-5-4-6-10-14)15-11-7-8-12-16(15)21/h4-13H,3H2,1-2H3,(H2,20,22). The molecule has 0 fully saturated rings. The van der Waals surface area contributed by atoms with E-state index >= 15 is 0 Å². The number of rotatable bonds is 3. The Kier molecular flexibility index (Phi) is 3.72. The summed E-state index contributed by atoms with van der Waals surface area (Å²) in [7, 11) is 0. The van der Waals surface area contributed by atoms with Gasteiger partial charge in [-0.2, -0.15) is 0 Å². The van der Waals surface area contributed by atoms with Crippen molar-refractivity contribution in [1.29, 1.82) is 0 Å². The number of fused-ring (bicyclic) bond motifs is 1. The second-order valence-electron chi connectivity index (χ2n) is 5.50. The molecule has 1 aliphatic rings. The number of primary amides is 1. The fraction of sp³-hybridized carbons (Fsp3) is 0.211. The van der Waals surface area contributed by atoms with Gasteiger partial charge in [-0.1, -0.05) is 48.5 Å². The Morgan fingerprint density at radius 3 is 2.36 bits per heavy atom. The largest absolute Gasteiger partial charge is 0.366 e. The molecule has 2 aromatic rings. The van der Waals surface area contributed by atoms with Crippen LogP contribution in [0.5, 0.6) is 0 Å². The number of anilines is 1. The van der Waals surface area contributed by atoms with E-state index in [0.29, 0.717) is 5.57 Å². The van der Waals surface area contributed by atoms with Crippen LogP contribution in [0.4, 0.5) is 5.69 Å². The average Bonchev–Trinajstić information content (AvgIpc) is 2.54. The molecule has 0 spiro atoms. The molecule has 1 heterocycles. The molecule has 112 valence electrons. The Morgan fingerprint density at radius 1 is 1.09 bits per heavy atom. The first-order valence-corrected chi connectivity index (χ1v) is 7.60. The number of carbonyl (C=O) groups excluding carboxylic acids is 1. The van der Waals surface area contributed by atoms with Gasteiger partial charge in [-0.3, -0.25) is 4.79 Å². The van der Waals surface area contributed by atoms with Crippen molar-refractivity contribution in [3.8, 4) is 0 Å². The fourth-order valence-corrected chi connectivity index (χ4v) is 3.34. The first-order valence-electron chi connectivity index (χ1n) is 7.60. The summed E-state index contributed by atoms with van der Waals surface area (Å²) in [5, 5.41) is 0. The number of hydrogen-bond acceptors (Lipinski definition) is 2. The monoisotopic (exact) mass is 292 g/mol. The molecule has 1 unspecified atom stereocenters.